The normalized spacial score (nSPS) is 24.6. The van der Waals surface area contributed by atoms with Gasteiger partial charge in [0.05, 0.1) is 5.56 Å². The van der Waals surface area contributed by atoms with Gasteiger partial charge in [0.25, 0.3) is 0 Å². The van der Waals surface area contributed by atoms with Crippen LogP contribution in [0.3, 0.4) is 0 Å². The standard InChI is InChI=1S/C13H18F3N3/c1-8-3-4-19(9(2)5-8)12-7-10(13(14,15)16)6-11(17)18-12/h6-9H,3-5H2,1-2H3,(H2,17,18). The van der Waals surface area contributed by atoms with Gasteiger partial charge in [-0.15, -0.1) is 0 Å². The molecule has 2 rings (SSSR count). The fourth-order valence-corrected chi connectivity index (χ4v) is 2.60. The number of pyridine rings is 1. The fraction of sp³-hybridized carbons (Fsp3) is 0.615. The third-order valence-corrected chi connectivity index (χ3v) is 3.59. The molecule has 6 heteroatoms. The molecule has 0 saturated carbocycles. The third-order valence-electron chi connectivity index (χ3n) is 3.59. The van der Waals surface area contributed by atoms with Crippen LogP contribution < -0.4 is 10.6 Å². The Bertz CT molecular complexity index is 459. The van der Waals surface area contributed by atoms with E-state index in [1.807, 2.05) is 11.8 Å². The van der Waals surface area contributed by atoms with Crippen molar-refractivity contribution in [3.63, 3.8) is 0 Å². The zero-order valence-corrected chi connectivity index (χ0v) is 11.0. The summed E-state index contributed by atoms with van der Waals surface area (Å²) in [6.07, 6.45) is -2.47. The van der Waals surface area contributed by atoms with Crippen molar-refractivity contribution in [1.29, 1.82) is 0 Å². The van der Waals surface area contributed by atoms with Crippen LogP contribution in [0.5, 0.6) is 0 Å². The molecule has 2 N–H and O–H groups in total. The predicted molar refractivity (Wildman–Crippen MR) is 68.9 cm³/mol. The van der Waals surface area contributed by atoms with E-state index in [2.05, 4.69) is 11.9 Å². The lowest BCUT2D eigenvalue weighted by molar-refractivity contribution is -0.137. The van der Waals surface area contributed by atoms with Crippen LogP contribution in [0.25, 0.3) is 0 Å². The molecule has 2 heterocycles. The van der Waals surface area contributed by atoms with Crippen LogP contribution in [-0.2, 0) is 6.18 Å². The minimum atomic E-state index is -4.39. The van der Waals surface area contributed by atoms with Gasteiger partial charge in [0.15, 0.2) is 0 Å². The molecule has 1 aliphatic heterocycles. The number of aromatic nitrogens is 1. The first-order valence-corrected chi connectivity index (χ1v) is 6.39. The van der Waals surface area contributed by atoms with Crippen molar-refractivity contribution in [2.24, 2.45) is 5.92 Å². The van der Waals surface area contributed by atoms with Crippen molar-refractivity contribution in [3.8, 4) is 0 Å². The molecule has 19 heavy (non-hydrogen) atoms. The second-order valence-corrected chi connectivity index (χ2v) is 5.31. The van der Waals surface area contributed by atoms with Gasteiger partial charge in [-0.2, -0.15) is 13.2 Å². The number of alkyl halides is 3. The SMILES string of the molecule is CC1CCN(c2cc(C(F)(F)F)cc(N)n2)C(C)C1. The predicted octanol–water partition coefficient (Wildman–Crippen LogP) is 3.31. The summed E-state index contributed by atoms with van der Waals surface area (Å²) in [5, 5.41) is 0. The van der Waals surface area contributed by atoms with Gasteiger partial charge in [0.1, 0.15) is 11.6 Å². The second-order valence-electron chi connectivity index (χ2n) is 5.31. The summed E-state index contributed by atoms with van der Waals surface area (Å²) in [4.78, 5) is 5.96. The topological polar surface area (TPSA) is 42.1 Å². The molecule has 0 radical (unpaired) electrons. The van der Waals surface area contributed by atoms with Crippen LogP contribution in [-0.4, -0.2) is 17.6 Å². The molecule has 0 amide bonds. The Morgan fingerprint density at radius 2 is 2.00 bits per heavy atom. The molecule has 1 saturated heterocycles. The van der Waals surface area contributed by atoms with Crippen LogP contribution in [0, 0.1) is 5.92 Å². The molecule has 0 aromatic carbocycles. The number of nitrogens with zero attached hydrogens (tertiary/aromatic N) is 2. The van der Waals surface area contributed by atoms with Crippen LogP contribution in [0.1, 0.15) is 32.3 Å². The highest BCUT2D eigenvalue weighted by Crippen LogP contribution is 2.34. The third kappa shape index (κ3) is 3.11. The number of nitrogens with two attached hydrogens (primary N) is 1. The van der Waals surface area contributed by atoms with E-state index >= 15 is 0 Å². The average Bonchev–Trinajstić information content (AvgIpc) is 2.26. The summed E-state index contributed by atoms with van der Waals surface area (Å²) in [5.41, 5.74) is 4.76. The van der Waals surface area contributed by atoms with Crippen LogP contribution in [0.4, 0.5) is 24.8 Å². The van der Waals surface area contributed by atoms with Crippen molar-refractivity contribution < 1.29 is 13.2 Å². The molecule has 1 aromatic rings. The van der Waals surface area contributed by atoms with Crippen LogP contribution >= 0.6 is 0 Å². The van der Waals surface area contributed by atoms with Crippen molar-refractivity contribution in [3.05, 3.63) is 17.7 Å². The highest BCUT2D eigenvalue weighted by molar-refractivity contribution is 5.50. The van der Waals surface area contributed by atoms with Gasteiger partial charge >= 0.3 is 6.18 Å². The van der Waals surface area contributed by atoms with Crippen molar-refractivity contribution in [2.75, 3.05) is 17.2 Å². The van der Waals surface area contributed by atoms with E-state index in [4.69, 9.17) is 5.73 Å². The Balaban J connectivity index is 2.32. The Morgan fingerprint density at radius 1 is 1.32 bits per heavy atom. The van der Waals surface area contributed by atoms with Gasteiger partial charge < -0.3 is 10.6 Å². The maximum Gasteiger partial charge on any atom is 0.416 e. The molecule has 2 unspecified atom stereocenters. The maximum atomic E-state index is 12.8. The van der Waals surface area contributed by atoms with Crippen molar-refractivity contribution in [2.45, 2.75) is 38.9 Å². The van der Waals surface area contributed by atoms with E-state index in [0.717, 1.165) is 31.5 Å². The van der Waals surface area contributed by atoms with Gasteiger partial charge in [-0.1, -0.05) is 6.92 Å². The molecule has 1 aromatic heterocycles. The minimum Gasteiger partial charge on any atom is -0.384 e. The summed E-state index contributed by atoms with van der Waals surface area (Å²) in [7, 11) is 0. The summed E-state index contributed by atoms with van der Waals surface area (Å²) < 4.78 is 38.3. The van der Waals surface area contributed by atoms with E-state index < -0.39 is 11.7 Å². The van der Waals surface area contributed by atoms with E-state index in [0.29, 0.717) is 11.7 Å². The molecule has 0 aliphatic carbocycles. The smallest absolute Gasteiger partial charge is 0.384 e. The fourth-order valence-electron chi connectivity index (χ4n) is 2.60. The lowest BCUT2D eigenvalue weighted by Gasteiger charge is -2.37. The maximum absolute atomic E-state index is 12.8. The second kappa shape index (κ2) is 4.90. The van der Waals surface area contributed by atoms with Gasteiger partial charge in [-0.25, -0.2) is 4.98 Å². The number of piperidine rings is 1. The largest absolute Gasteiger partial charge is 0.416 e. The summed E-state index contributed by atoms with van der Waals surface area (Å²) in [6, 6.07) is 2.14. The molecular weight excluding hydrogens is 255 g/mol. The van der Waals surface area contributed by atoms with Crippen LogP contribution in [0.2, 0.25) is 0 Å². The highest BCUT2D eigenvalue weighted by atomic mass is 19.4. The van der Waals surface area contributed by atoms with Gasteiger partial charge in [-0.3, -0.25) is 0 Å². The summed E-state index contributed by atoms with van der Waals surface area (Å²) in [6.45, 7) is 4.88. The number of hydrogen-bond acceptors (Lipinski definition) is 3. The lowest BCUT2D eigenvalue weighted by atomic mass is 9.93. The first-order valence-electron chi connectivity index (χ1n) is 6.39. The van der Waals surface area contributed by atoms with Gasteiger partial charge in [-0.05, 0) is 37.8 Å². The number of halogens is 3. The molecule has 106 valence electrons. The first-order chi connectivity index (χ1) is 8.77. The molecule has 1 fully saturated rings. The zero-order valence-electron chi connectivity index (χ0n) is 11.0. The molecular formula is C13H18F3N3. The Morgan fingerprint density at radius 3 is 2.58 bits per heavy atom. The molecule has 0 bridgehead atoms. The van der Waals surface area contributed by atoms with Crippen molar-refractivity contribution >= 4 is 11.6 Å². The summed E-state index contributed by atoms with van der Waals surface area (Å²) in [5.74, 6) is 0.830. The quantitative estimate of drug-likeness (QED) is 0.853. The van der Waals surface area contributed by atoms with Gasteiger partial charge in [0, 0.05) is 12.6 Å². The monoisotopic (exact) mass is 273 g/mol. The lowest BCUT2D eigenvalue weighted by Crippen LogP contribution is -2.40. The van der Waals surface area contributed by atoms with E-state index in [9.17, 15) is 13.2 Å². The van der Waals surface area contributed by atoms with Crippen LogP contribution in [0.15, 0.2) is 12.1 Å². The van der Waals surface area contributed by atoms with E-state index in [1.54, 1.807) is 0 Å². The minimum absolute atomic E-state index is 0.0874. The van der Waals surface area contributed by atoms with E-state index in [1.165, 1.54) is 0 Å². The number of anilines is 2. The number of nitrogen functional groups attached to an aromatic ring is 1. The first kappa shape index (κ1) is 14.0. The summed E-state index contributed by atoms with van der Waals surface area (Å²) >= 11 is 0. The Labute approximate surface area is 110 Å². The van der Waals surface area contributed by atoms with Gasteiger partial charge in [0.2, 0.25) is 0 Å². The Hall–Kier alpha value is -1.46. The molecule has 2 atom stereocenters. The van der Waals surface area contributed by atoms with Crippen molar-refractivity contribution in [1.82, 2.24) is 4.98 Å². The molecule has 1 aliphatic rings. The highest BCUT2D eigenvalue weighted by Gasteiger charge is 2.33. The zero-order chi connectivity index (χ0) is 14.2. The van der Waals surface area contributed by atoms with E-state index in [-0.39, 0.29) is 11.9 Å². The number of hydrogen-bond donors (Lipinski definition) is 1. The Kier molecular flexibility index (Phi) is 3.60. The molecule has 0 spiro atoms. The number of rotatable bonds is 1. The molecule has 3 nitrogen and oxygen atoms in total. The average molecular weight is 273 g/mol.